The van der Waals surface area contributed by atoms with E-state index in [0.717, 1.165) is 17.5 Å². The number of hydrogen-bond acceptors (Lipinski definition) is 3. The van der Waals surface area contributed by atoms with E-state index in [-0.39, 0.29) is 6.04 Å². The van der Waals surface area contributed by atoms with E-state index < -0.39 is 0 Å². The van der Waals surface area contributed by atoms with E-state index in [1.165, 1.54) is 44.5 Å². The van der Waals surface area contributed by atoms with E-state index in [0.29, 0.717) is 0 Å². The molecule has 3 rings (SSSR count). The van der Waals surface area contributed by atoms with Crippen molar-refractivity contribution >= 4 is 5.69 Å². The zero-order valence-electron chi connectivity index (χ0n) is 11.2. The summed E-state index contributed by atoms with van der Waals surface area (Å²) in [5.74, 6) is 1.86. The zero-order chi connectivity index (χ0) is 12.5. The first-order chi connectivity index (χ1) is 8.72. The van der Waals surface area contributed by atoms with Crippen LogP contribution in [0.5, 0.6) is 0 Å². The van der Waals surface area contributed by atoms with Crippen molar-refractivity contribution in [2.24, 2.45) is 17.6 Å². The van der Waals surface area contributed by atoms with Crippen molar-refractivity contribution in [3.8, 4) is 0 Å². The summed E-state index contributed by atoms with van der Waals surface area (Å²) < 4.78 is 0. The third kappa shape index (κ3) is 3.02. The molecule has 1 heterocycles. The molecule has 3 nitrogen and oxygen atoms in total. The maximum atomic E-state index is 5.85. The fourth-order valence-electron chi connectivity index (χ4n) is 2.36. The van der Waals surface area contributed by atoms with Crippen molar-refractivity contribution in [2.45, 2.75) is 38.6 Å². The number of aromatic nitrogens is 1. The normalized spacial score (nSPS) is 20.8. The highest BCUT2D eigenvalue weighted by molar-refractivity contribution is 5.45. The average Bonchev–Trinajstić information content (AvgIpc) is 3.23. The van der Waals surface area contributed by atoms with Crippen LogP contribution in [-0.4, -0.2) is 18.1 Å². The van der Waals surface area contributed by atoms with Gasteiger partial charge in [0.05, 0.1) is 17.6 Å². The fourth-order valence-corrected chi connectivity index (χ4v) is 2.36. The van der Waals surface area contributed by atoms with Crippen LogP contribution in [0.15, 0.2) is 18.3 Å². The molecule has 2 N–H and O–H groups in total. The van der Waals surface area contributed by atoms with Gasteiger partial charge in [-0.2, -0.15) is 0 Å². The molecule has 2 aliphatic rings. The lowest BCUT2D eigenvalue weighted by Gasteiger charge is -2.24. The molecule has 0 radical (unpaired) electrons. The summed E-state index contributed by atoms with van der Waals surface area (Å²) in [4.78, 5) is 7.02. The monoisotopic (exact) mass is 245 g/mol. The first-order valence-corrected chi connectivity index (χ1v) is 7.19. The van der Waals surface area contributed by atoms with Gasteiger partial charge < -0.3 is 10.6 Å². The molecule has 0 amide bonds. The number of nitrogens with zero attached hydrogens (tertiary/aromatic N) is 2. The Hall–Kier alpha value is -1.09. The minimum atomic E-state index is 0.0272. The molecule has 0 aliphatic heterocycles. The summed E-state index contributed by atoms with van der Waals surface area (Å²) in [6.07, 6.45) is 7.64. The largest absolute Gasteiger partial charge is 0.370 e. The van der Waals surface area contributed by atoms with E-state index in [2.05, 4.69) is 22.0 Å². The number of anilines is 1. The molecule has 0 unspecified atom stereocenters. The number of rotatable bonds is 6. The predicted molar refractivity (Wildman–Crippen MR) is 74.5 cm³/mol. The Balaban J connectivity index is 1.70. The van der Waals surface area contributed by atoms with Gasteiger partial charge in [-0.05, 0) is 56.6 Å². The summed E-state index contributed by atoms with van der Waals surface area (Å²) in [5.41, 5.74) is 8.10. The Kier molecular flexibility index (Phi) is 3.25. The topological polar surface area (TPSA) is 42.1 Å². The molecular formula is C15H23N3. The Morgan fingerprint density at radius 1 is 1.22 bits per heavy atom. The molecule has 98 valence electrons. The lowest BCUT2D eigenvalue weighted by molar-refractivity contribution is 0.677. The first kappa shape index (κ1) is 12.0. The molecule has 2 fully saturated rings. The van der Waals surface area contributed by atoms with E-state index in [1.807, 2.05) is 13.1 Å². The van der Waals surface area contributed by atoms with Crippen molar-refractivity contribution in [3.05, 3.63) is 24.0 Å². The van der Waals surface area contributed by atoms with Crippen LogP contribution < -0.4 is 10.6 Å². The highest BCUT2D eigenvalue weighted by Gasteiger charge is 2.29. The second-order valence-electron chi connectivity index (χ2n) is 6.02. The minimum Gasteiger partial charge on any atom is -0.370 e. The van der Waals surface area contributed by atoms with E-state index >= 15 is 0 Å². The van der Waals surface area contributed by atoms with Gasteiger partial charge >= 0.3 is 0 Å². The van der Waals surface area contributed by atoms with Gasteiger partial charge in [-0.3, -0.25) is 4.98 Å². The van der Waals surface area contributed by atoms with Gasteiger partial charge in [-0.1, -0.05) is 0 Å². The highest BCUT2D eigenvalue weighted by atomic mass is 15.1. The lowest BCUT2D eigenvalue weighted by atomic mass is 10.2. The average molecular weight is 245 g/mol. The van der Waals surface area contributed by atoms with Crippen LogP contribution in [0.3, 0.4) is 0 Å². The smallest absolute Gasteiger partial charge is 0.0569 e. The van der Waals surface area contributed by atoms with Crippen molar-refractivity contribution in [1.82, 2.24) is 4.98 Å². The maximum Gasteiger partial charge on any atom is 0.0569 e. The van der Waals surface area contributed by atoms with Crippen LogP contribution in [-0.2, 0) is 0 Å². The molecule has 0 aromatic carbocycles. The quantitative estimate of drug-likeness (QED) is 0.838. The van der Waals surface area contributed by atoms with Crippen molar-refractivity contribution < 1.29 is 0 Å². The predicted octanol–water partition coefficient (Wildman–Crippen LogP) is 2.73. The van der Waals surface area contributed by atoms with Crippen LogP contribution >= 0.6 is 0 Å². The van der Waals surface area contributed by atoms with Gasteiger partial charge in [-0.25, -0.2) is 0 Å². The second-order valence-corrected chi connectivity index (χ2v) is 6.02. The summed E-state index contributed by atoms with van der Waals surface area (Å²) in [6.45, 7) is 4.42. The SMILES string of the molecule is C[C@@H](N)c1ccc(N(CC2CC2)CC2CC2)cn1. The standard InChI is InChI=1S/C15H23N3/c1-11(16)15-7-6-14(8-17-15)18(9-12-2-3-12)10-13-4-5-13/h6-8,11-13H,2-5,9-10,16H2,1H3/t11-/m1/s1. The summed E-state index contributed by atoms with van der Waals surface area (Å²) in [5, 5.41) is 0. The Morgan fingerprint density at radius 2 is 1.83 bits per heavy atom. The van der Waals surface area contributed by atoms with E-state index in [1.54, 1.807) is 0 Å². The molecule has 0 saturated heterocycles. The van der Waals surface area contributed by atoms with Gasteiger partial charge in [0, 0.05) is 19.1 Å². The third-order valence-corrected chi connectivity index (χ3v) is 3.95. The molecule has 3 heteroatoms. The molecule has 18 heavy (non-hydrogen) atoms. The molecule has 0 spiro atoms. The Bertz CT molecular complexity index is 377. The van der Waals surface area contributed by atoms with Crippen LogP contribution in [0.4, 0.5) is 5.69 Å². The molecule has 2 saturated carbocycles. The Labute approximate surface area is 109 Å². The molecule has 1 atom stereocenters. The summed E-state index contributed by atoms with van der Waals surface area (Å²) in [6, 6.07) is 4.29. The van der Waals surface area contributed by atoms with Crippen LogP contribution in [0.2, 0.25) is 0 Å². The first-order valence-electron chi connectivity index (χ1n) is 7.19. The van der Waals surface area contributed by atoms with Crippen molar-refractivity contribution in [2.75, 3.05) is 18.0 Å². The van der Waals surface area contributed by atoms with Gasteiger partial charge in [-0.15, -0.1) is 0 Å². The van der Waals surface area contributed by atoms with Crippen molar-refractivity contribution in [1.29, 1.82) is 0 Å². The van der Waals surface area contributed by atoms with Crippen molar-refractivity contribution in [3.63, 3.8) is 0 Å². The molecule has 1 aromatic rings. The lowest BCUT2D eigenvalue weighted by Crippen LogP contribution is -2.28. The molecule has 0 bridgehead atoms. The molecule has 1 aromatic heterocycles. The van der Waals surface area contributed by atoms with Crippen LogP contribution in [0.1, 0.15) is 44.3 Å². The molecule has 2 aliphatic carbocycles. The number of hydrogen-bond donors (Lipinski definition) is 1. The van der Waals surface area contributed by atoms with Crippen LogP contribution in [0.25, 0.3) is 0 Å². The fraction of sp³-hybridized carbons (Fsp3) is 0.667. The number of nitrogens with two attached hydrogens (primary N) is 1. The third-order valence-electron chi connectivity index (χ3n) is 3.95. The van der Waals surface area contributed by atoms with Gasteiger partial charge in [0.1, 0.15) is 0 Å². The minimum absolute atomic E-state index is 0.0272. The van der Waals surface area contributed by atoms with E-state index in [9.17, 15) is 0 Å². The van der Waals surface area contributed by atoms with Crippen LogP contribution in [0, 0.1) is 11.8 Å². The van der Waals surface area contributed by atoms with Gasteiger partial charge in [0.25, 0.3) is 0 Å². The van der Waals surface area contributed by atoms with Gasteiger partial charge in [0.2, 0.25) is 0 Å². The summed E-state index contributed by atoms with van der Waals surface area (Å²) >= 11 is 0. The summed E-state index contributed by atoms with van der Waals surface area (Å²) in [7, 11) is 0. The number of pyridine rings is 1. The van der Waals surface area contributed by atoms with Gasteiger partial charge in [0.15, 0.2) is 0 Å². The van der Waals surface area contributed by atoms with E-state index in [4.69, 9.17) is 5.73 Å². The maximum absolute atomic E-state index is 5.85. The molecular weight excluding hydrogens is 222 g/mol. The highest BCUT2D eigenvalue weighted by Crippen LogP contribution is 2.35. The second kappa shape index (κ2) is 4.88. The Morgan fingerprint density at radius 3 is 2.22 bits per heavy atom. The zero-order valence-corrected chi connectivity index (χ0v) is 11.2.